The molecular weight excluding hydrogens is 426 g/mol. The van der Waals surface area contributed by atoms with Gasteiger partial charge in [0.15, 0.2) is 0 Å². The summed E-state index contributed by atoms with van der Waals surface area (Å²) in [6.07, 6.45) is -1.53. The highest BCUT2D eigenvalue weighted by molar-refractivity contribution is 9.10. The van der Waals surface area contributed by atoms with Gasteiger partial charge in [0.1, 0.15) is 10.2 Å². The second-order valence-electron chi connectivity index (χ2n) is 6.79. The van der Waals surface area contributed by atoms with Crippen molar-refractivity contribution in [2.75, 3.05) is 13.1 Å². The minimum absolute atomic E-state index is 0.0149. The van der Waals surface area contributed by atoms with Gasteiger partial charge in [-0.2, -0.15) is 0 Å². The van der Waals surface area contributed by atoms with Crippen molar-refractivity contribution in [3.8, 4) is 0 Å². The van der Waals surface area contributed by atoms with Crippen LogP contribution in [-0.2, 0) is 18.3 Å². The van der Waals surface area contributed by atoms with E-state index in [0.717, 1.165) is 0 Å². The highest BCUT2D eigenvalue weighted by Gasteiger charge is 2.18. The molecule has 0 atom stereocenters. The predicted molar refractivity (Wildman–Crippen MR) is 98.4 cm³/mol. The second kappa shape index (κ2) is 9.44. The maximum atomic E-state index is 12.0. The average Bonchev–Trinajstić information content (AvgIpc) is 2.75. The van der Waals surface area contributed by atoms with E-state index in [1.165, 1.54) is 0 Å². The quantitative estimate of drug-likeness (QED) is 0.518. The number of nitrogens with one attached hydrogen (secondary N) is 2. The van der Waals surface area contributed by atoms with Crippen molar-refractivity contribution in [2.45, 2.75) is 32.9 Å². The molecule has 0 aliphatic carbocycles. The molecule has 0 bridgehead atoms. The normalized spacial score (nSPS) is 12.1. The summed E-state index contributed by atoms with van der Waals surface area (Å²) < 4.78 is 9.05. The molecule has 1 rings (SSSR count). The number of aromatic nitrogens is 2. The van der Waals surface area contributed by atoms with Crippen LogP contribution in [0.3, 0.4) is 0 Å². The summed E-state index contributed by atoms with van der Waals surface area (Å²) >= 11 is 3.34. The smallest absolute Gasteiger partial charge is 0.437 e. The van der Waals surface area contributed by atoms with E-state index in [1.807, 2.05) is 0 Å². The number of nitrogens with zero attached hydrogens (tertiary/aromatic N) is 3. The average molecular weight is 450 g/mol. The SMILES string of the molecule is Cn1c(Br)cn(CC(CNC(=O)O)CNC(=O)O)/c1=N\C(=O)OC(C)(C)C. The Labute approximate surface area is 164 Å². The molecule has 12 heteroatoms. The lowest BCUT2D eigenvalue weighted by molar-refractivity contribution is 0.0593. The van der Waals surface area contributed by atoms with Crippen LogP contribution >= 0.6 is 15.9 Å². The highest BCUT2D eigenvalue weighted by atomic mass is 79.9. The molecule has 0 aliphatic heterocycles. The molecule has 11 nitrogen and oxygen atoms in total. The van der Waals surface area contributed by atoms with Gasteiger partial charge < -0.3 is 34.7 Å². The van der Waals surface area contributed by atoms with E-state index in [0.29, 0.717) is 4.60 Å². The van der Waals surface area contributed by atoms with Crippen LogP contribution in [0.4, 0.5) is 14.4 Å². The maximum Gasteiger partial charge on any atom is 0.437 e. The van der Waals surface area contributed by atoms with Crippen molar-refractivity contribution in [3.63, 3.8) is 0 Å². The molecule has 1 aromatic rings. The molecule has 3 amide bonds. The molecule has 0 spiro atoms. The second-order valence-corrected chi connectivity index (χ2v) is 7.61. The Hall–Kier alpha value is -2.50. The van der Waals surface area contributed by atoms with Gasteiger partial charge in [-0.3, -0.25) is 0 Å². The van der Waals surface area contributed by atoms with Crippen LogP contribution in [0.1, 0.15) is 20.8 Å². The Kier molecular flexibility index (Phi) is 7.88. The van der Waals surface area contributed by atoms with E-state index >= 15 is 0 Å². The van der Waals surface area contributed by atoms with Crippen molar-refractivity contribution in [3.05, 3.63) is 16.4 Å². The van der Waals surface area contributed by atoms with E-state index in [4.69, 9.17) is 14.9 Å². The summed E-state index contributed by atoms with van der Waals surface area (Å²) in [5.41, 5.74) is -0.431. The summed E-state index contributed by atoms with van der Waals surface area (Å²) in [5.74, 6) is -0.413. The van der Waals surface area contributed by atoms with Crippen molar-refractivity contribution < 1.29 is 29.3 Å². The lowest BCUT2D eigenvalue weighted by atomic mass is 10.1. The van der Waals surface area contributed by atoms with Crippen LogP contribution < -0.4 is 16.3 Å². The van der Waals surface area contributed by atoms with Gasteiger partial charge in [-0.25, -0.2) is 14.4 Å². The van der Waals surface area contributed by atoms with Crippen LogP contribution in [-0.4, -0.2) is 56.3 Å². The molecule has 1 aromatic heterocycles. The Bertz CT molecular complexity index is 746. The topological polar surface area (TPSA) is 147 Å². The van der Waals surface area contributed by atoms with E-state index in [1.54, 1.807) is 43.1 Å². The fraction of sp³-hybridized carbons (Fsp3) is 0.600. The maximum absolute atomic E-state index is 12.0. The van der Waals surface area contributed by atoms with Crippen LogP contribution in [0, 0.1) is 5.92 Å². The number of hydrogen-bond acceptors (Lipinski definition) is 4. The molecule has 4 N–H and O–H groups in total. The first-order chi connectivity index (χ1) is 12.4. The van der Waals surface area contributed by atoms with Crippen molar-refractivity contribution in [1.29, 1.82) is 0 Å². The third-order valence-electron chi connectivity index (χ3n) is 3.26. The van der Waals surface area contributed by atoms with Crippen molar-refractivity contribution >= 4 is 34.2 Å². The number of amides is 3. The Morgan fingerprint density at radius 2 is 1.74 bits per heavy atom. The highest BCUT2D eigenvalue weighted by Crippen LogP contribution is 2.10. The zero-order chi connectivity index (χ0) is 20.8. The van der Waals surface area contributed by atoms with Gasteiger partial charge in [-0.1, -0.05) is 0 Å². The summed E-state index contributed by atoms with van der Waals surface area (Å²) in [7, 11) is 1.68. The Morgan fingerprint density at radius 1 is 1.22 bits per heavy atom. The first kappa shape index (κ1) is 22.5. The summed E-state index contributed by atoms with van der Waals surface area (Å²) in [6.45, 7) is 5.41. The number of ether oxygens (including phenoxy) is 1. The zero-order valence-electron chi connectivity index (χ0n) is 15.5. The standard InChI is InChI=1S/C15H24BrN5O6/c1-15(2,3)27-14(26)19-11-20(4)10(16)8-21(11)7-9(5-17-12(22)23)6-18-13(24)25/h8-9,17-18H,5-7H2,1-4H3,(H,22,23)(H,24,25)/b19-11-. The largest absolute Gasteiger partial charge is 0.465 e. The van der Waals surface area contributed by atoms with Gasteiger partial charge in [0, 0.05) is 38.8 Å². The molecule has 0 aromatic carbocycles. The number of halogens is 1. The molecule has 0 saturated heterocycles. The van der Waals surface area contributed by atoms with Gasteiger partial charge in [0.05, 0.1) is 0 Å². The summed E-state index contributed by atoms with van der Waals surface area (Å²) in [4.78, 5) is 37.5. The van der Waals surface area contributed by atoms with Gasteiger partial charge in [0.25, 0.3) is 0 Å². The van der Waals surface area contributed by atoms with Crippen LogP contribution in [0.2, 0.25) is 0 Å². The first-order valence-electron chi connectivity index (χ1n) is 8.02. The van der Waals surface area contributed by atoms with E-state index < -0.39 is 29.8 Å². The van der Waals surface area contributed by atoms with Gasteiger partial charge in [-0.05, 0) is 36.7 Å². The van der Waals surface area contributed by atoms with E-state index in [9.17, 15) is 14.4 Å². The Balaban J connectivity index is 3.11. The molecule has 0 radical (unpaired) electrons. The fourth-order valence-corrected chi connectivity index (χ4v) is 2.55. The fourth-order valence-electron chi connectivity index (χ4n) is 2.14. The minimum Gasteiger partial charge on any atom is -0.465 e. The van der Waals surface area contributed by atoms with Crippen LogP contribution in [0.15, 0.2) is 15.8 Å². The molecule has 0 fully saturated rings. The number of imidazole rings is 1. The number of rotatable bonds is 6. The van der Waals surface area contributed by atoms with Crippen molar-refractivity contribution in [2.24, 2.45) is 18.0 Å². The van der Waals surface area contributed by atoms with Crippen LogP contribution in [0.25, 0.3) is 0 Å². The minimum atomic E-state index is -1.21. The molecule has 0 unspecified atom stereocenters. The number of carboxylic acid groups (broad SMARTS) is 2. The molecule has 0 saturated carbocycles. The van der Waals surface area contributed by atoms with E-state index in [2.05, 4.69) is 31.6 Å². The molecule has 0 aliphatic rings. The van der Waals surface area contributed by atoms with Crippen LogP contribution in [0.5, 0.6) is 0 Å². The molecule has 27 heavy (non-hydrogen) atoms. The van der Waals surface area contributed by atoms with E-state index in [-0.39, 0.29) is 25.3 Å². The van der Waals surface area contributed by atoms with Gasteiger partial charge in [0.2, 0.25) is 5.62 Å². The molecule has 1 heterocycles. The van der Waals surface area contributed by atoms with Crippen molar-refractivity contribution in [1.82, 2.24) is 19.8 Å². The third-order valence-corrected chi connectivity index (χ3v) is 4.00. The monoisotopic (exact) mass is 449 g/mol. The number of carbonyl (C=O) groups is 3. The lowest BCUT2D eigenvalue weighted by Crippen LogP contribution is -2.39. The predicted octanol–water partition coefficient (Wildman–Crippen LogP) is 1.58. The summed E-state index contributed by atoms with van der Waals surface area (Å²) in [5, 5.41) is 22.0. The first-order valence-corrected chi connectivity index (χ1v) is 8.81. The summed E-state index contributed by atoms with van der Waals surface area (Å²) in [6, 6.07) is 0. The molecule has 152 valence electrons. The van der Waals surface area contributed by atoms with Gasteiger partial charge >= 0.3 is 18.3 Å². The molecular formula is C15H24BrN5O6. The van der Waals surface area contributed by atoms with Gasteiger partial charge in [-0.15, -0.1) is 4.99 Å². The number of carbonyl (C=O) groups excluding carboxylic acids is 1. The lowest BCUT2D eigenvalue weighted by Gasteiger charge is -2.18. The Morgan fingerprint density at radius 3 is 2.19 bits per heavy atom. The number of hydrogen-bond donors (Lipinski definition) is 4. The zero-order valence-corrected chi connectivity index (χ0v) is 17.1. The third kappa shape index (κ3) is 8.15.